The fourth-order valence-corrected chi connectivity index (χ4v) is 3.82. The highest BCUT2D eigenvalue weighted by molar-refractivity contribution is 7.92. The lowest BCUT2D eigenvalue weighted by Crippen LogP contribution is -2.11. The molecule has 2 aromatic heterocycles. The third-order valence-electron chi connectivity index (χ3n) is 4.40. The average molecular weight is 456 g/mol. The molecule has 10 heteroatoms. The quantitative estimate of drug-likeness (QED) is 0.441. The highest BCUT2D eigenvalue weighted by Crippen LogP contribution is 2.32. The second kappa shape index (κ2) is 8.37. The van der Waals surface area contributed by atoms with Gasteiger partial charge in [-0.2, -0.15) is 0 Å². The summed E-state index contributed by atoms with van der Waals surface area (Å²) in [7, 11) is -2.07. The Labute approximate surface area is 184 Å². The molecule has 0 bridgehead atoms. The van der Waals surface area contributed by atoms with Crippen molar-refractivity contribution < 1.29 is 13.2 Å². The maximum atomic E-state index is 11.7. The molecule has 2 N–H and O–H groups in total. The zero-order valence-corrected chi connectivity index (χ0v) is 18.2. The first kappa shape index (κ1) is 20.8. The van der Waals surface area contributed by atoms with E-state index in [4.69, 9.17) is 16.3 Å². The second-order valence-corrected chi connectivity index (χ2v) is 8.93. The molecule has 0 amide bonds. The Bertz CT molecular complexity index is 1380. The first-order chi connectivity index (χ1) is 14.8. The summed E-state index contributed by atoms with van der Waals surface area (Å²) in [6, 6.07) is 14.7. The van der Waals surface area contributed by atoms with Crippen molar-refractivity contribution in [3.63, 3.8) is 0 Å². The van der Waals surface area contributed by atoms with Crippen molar-refractivity contribution in [3.05, 3.63) is 66.1 Å². The molecule has 0 saturated heterocycles. The molecular formula is C21H18ClN5O3S. The van der Waals surface area contributed by atoms with Crippen LogP contribution in [0.2, 0.25) is 5.02 Å². The molecule has 0 unspecified atom stereocenters. The van der Waals surface area contributed by atoms with Crippen LogP contribution in [0.1, 0.15) is 0 Å². The van der Waals surface area contributed by atoms with Gasteiger partial charge in [0.15, 0.2) is 0 Å². The van der Waals surface area contributed by atoms with Gasteiger partial charge in [0.05, 0.1) is 18.9 Å². The van der Waals surface area contributed by atoms with Gasteiger partial charge in [-0.05, 0) is 42.0 Å². The Hall–Kier alpha value is -3.43. The van der Waals surface area contributed by atoms with Crippen LogP contribution in [0.3, 0.4) is 0 Å². The van der Waals surface area contributed by atoms with E-state index in [1.54, 1.807) is 24.4 Å². The van der Waals surface area contributed by atoms with Crippen molar-refractivity contribution in [2.45, 2.75) is 0 Å². The van der Waals surface area contributed by atoms with Crippen LogP contribution in [0.4, 0.5) is 17.2 Å². The minimum Gasteiger partial charge on any atom is -0.480 e. The molecule has 0 atom stereocenters. The van der Waals surface area contributed by atoms with Crippen LogP contribution >= 0.6 is 11.6 Å². The van der Waals surface area contributed by atoms with E-state index in [2.05, 4.69) is 25.0 Å². The lowest BCUT2D eigenvalue weighted by molar-refractivity contribution is 0.400. The van der Waals surface area contributed by atoms with Crippen LogP contribution in [-0.2, 0) is 10.0 Å². The van der Waals surface area contributed by atoms with E-state index >= 15 is 0 Å². The Morgan fingerprint density at radius 1 is 1.00 bits per heavy atom. The molecule has 0 aliphatic carbocycles. The Kier molecular flexibility index (Phi) is 5.62. The van der Waals surface area contributed by atoms with E-state index in [-0.39, 0.29) is 11.6 Å². The van der Waals surface area contributed by atoms with Gasteiger partial charge in [-0.1, -0.05) is 23.7 Å². The van der Waals surface area contributed by atoms with Crippen LogP contribution in [0.5, 0.6) is 5.88 Å². The van der Waals surface area contributed by atoms with Gasteiger partial charge in [0.1, 0.15) is 17.8 Å². The fourth-order valence-electron chi connectivity index (χ4n) is 3.08. The summed E-state index contributed by atoms with van der Waals surface area (Å²) in [6.45, 7) is 0. The summed E-state index contributed by atoms with van der Waals surface area (Å²) in [6.07, 6.45) is 4.17. The predicted molar refractivity (Wildman–Crippen MR) is 123 cm³/mol. The number of benzene rings is 2. The van der Waals surface area contributed by atoms with E-state index in [9.17, 15) is 8.42 Å². The zero-order valence-electron chi connectivity index (χ0n) is 16.6. The summed E-state index contributed by atoms with van der Waals surface area (Å²) in [5.41, 5.74) is 3.31. The molecule has 2 aromatic carbocycles. The number of nitrogens with one attached hydrogen (secondary N) is 2. The number of sulfonamides is 1. The van der Waals surface area contributed by atoms with Crippen molar-refractivity contribution in [1.82, 2.24) is 15.0 Å². The molecule has 2 heterocycles. The van der Waals surface area contributed by atoms with E-state index in [1.165, 1.54) is 13.4 Å². The number of rotatable bonds is 6. The van der Waals surface area contributed by atoms with E-state index in [1.807, 2.05) is 30.3 Å². The van der Waals surface area contributed by atoms with Crippen LogP contribution in [-0.4, -0.2) is 36.7 Å². The highest BCUT2D eigenvalue weighted by atomic mass is 35.5. The molecular weight excluding hydrogens is 438 g/mol. The first-order valence-corrected chi connectivity index (χ1v) is 11.4. The van der Waals surface area contributed by atoms with E-state index < -0.39 is 10.0 Å². The number of methoxy groups -OCH3 is 1. The molecule has 0 aliphatic heterocycles. The normalized spacial score (nSPS) is 11.3. The van der Waals surface area contributed by atoms with Gasteiger partial charge in [-0.3, -0.25) is 4.72 Å². The third kappa shape index (κ3) is 4.84. The van der Waals surface area contributed by atoms with Crippen LogP contribution < -0.4 is 14.8 Å². The molecule has 8 nitrogen and oxygen atoms in total. The first-order valence-electron chi connectivity index (χ1n) is 9.12. The summed E-state index contributed by atoms with van der Waals surface area (Å²) < 4.78 is 31.0. The summed E-state index contributed by atoms with van der Waals surface area (Å²) in [4.78, 5) is 12.9. The number of anilines is 3. The third-order valence-corrected chi connectivity index (χ3v) is 5.22. The van der Waals surface area contributed by atoms with Crippen LogP contribution in [0.25, 0.3) is 22.0 Å². The van der Waals surface area contributed by atoms with Gasteiger partial charge in [0.25, 0.3) is 0 Å². The minimum atomic E-state index is -3.50. The van der Waals surface area contributed by atoms with Crippen molar-refractivity contribution >= 4 is 49.7 Å². The Morgan fingerprint density at radius 2 is 1.84 bits per heavy atom. The highest BCUT2D eigenvalue weighted by Gasteiger charge is 2.13. The van der Waals surface area contributed by atoms with Gasteiger partial charge in [0.2, 0.25) is 15.9 Å². The number of ether oxygens (including phenoxy) is 1. The standard InChI is InChI=1S/C21H18ClN5O3S/c1-30-21-19(27-31(2,28)29)9-14(11-23-21)13-6-7-18-17(8-13)20(25-12-24-18)26-16-5-3-4-15(22)10-16/h3-12,27H,1-2H3,(H,24,25,26). The van der Waals surface area contributed by atoms with Crippen molar-refractivity contribution in [2.75, 3.05) is 23.4 Å². The summed E-state index contributed by atoms with van der Waals surface area (Å²) in [5, 5.41) is 4.66. The predicted octanol–water partition coefficient (Wildman–Crippen LogP) is 4.47. The molecule has 0 saturated carbocycles. The molecule has 0 spiro atoms. The molecule has 4 aromatic rings. The van der Waals surface area contributed by atoms with Gasteiger partial charge in [-0.25, -0.2) is 23.4 Å². The van der Waals surface area contributed by atoms with E-state index in [0.29, 0.717) is 16.4 Å². The number of hydrogen-bond acceptors (Lipinski definition) is 7. The van der Waals surface area contributed by atoms with Gasteiger partial charge < -0.3 is 10.1 Å². The molecule has 0 aliphatic rings. The van der Waals surface area contributed by atoms with Gasteiger partial charge in [-0.15, -0.1) is 0 Å². The van der Waals surface area contributed by atoms with Crippen LogP contribution in [0.15, 0.2) is 61.1 Å². The smallest absolute Gasteiger partial charge is 0.238 e. The minimum absolute atomic E-state index is 0.182. The molecule has 0 fully saturated rings. The van der Waals surface area contributed by atoms with Crippen LogP contribution in [0, 0.1) is 0 Å². The topological polar surface area (TPSA) is 106 Å². The number of nitrogens with zero attached hydrogens (tertiary/aromatic N) is 3. The summed E-state index contributed by atoms with van der Waals surface area (Å²) in [5.74, 6) is 0.798. The molecule has 4 rings (SSSR count). The van der Waals surface area contributed by atoms with Crippen molar-refractivity contribution in [2.24, 2.45) is 0 Å². The molecule has 0 radical (unpaired) electrons. The molecule has 158 valence electrons. The SMILES string of the molecule is COc1ncc(-c2ccc3ncnc(Nc4cccc(Cl)c4)c3c2)cc1NS(C)(=O)=O. The Morgan fingerprint density at radius 3 is 2.58 bits per heavy atom. The van der Waals surface area contributed by atoms with Crippen molar-refractivity contribution in [1.29, 1.82) is 0 Å². The monoisotopic (exact) mass is 455 g/mol. The fraction of sp³-hybridized carbons (Fsp3) is 0.0952. The second-order valence-electron chi connectivity index (χ2n) is 6.74. The molecule has 31 heavy (non-hydrogen) atoms. The zero-order chi connectivity index (χ0) is 22.0. The Balaban J connectivity index is 1.78. The van der Waals surface area contributed by atoms with E-state index in [0.717, 1.165) is 28.4 Å². The lowest BCUT2D eigenvalue weighted by atomic mass is 10.0. The van der Waals surface area contributed by atoms with Gasteiger partial charge in [0, 0.05) is 27.9 Å². The maximum Gasteiger partial charge on any atom is 0.238 e. The lowest BCUT2D eigenvalue weighted by Gasteiger charge is -2.12. The number of pyridine rings is 1. The van der Waals surface area contributed by atoms with Crippen molar-refractivity contribution in [3.8, 4) is 17.0 Å². The largest absolute Gasteiger partial charge is 0.480 e. The number of hydrogen-bond donors (Lipinski definition) is 2. The average Bonchev–Trinajstić information content (AvgIpc) is 2.72. The maximum absolute atomic E-state index is 11.7. The number of aromatic nitrogens is 3. The number of halogens is 1. The summed E-state index contributed by atoms with van der Waals surface area (Å²) >= 11 is 6.08. The number of fused-ring (bicyclic) bond motifs is 1. The van der Waals surface area contributed by atoms with Gasteiger partial charge >= 0.3 is 0 Å².